The SMILES string of the molecule is C=CC=C.Cc1cc(CN)cc(C)c1NC(=O)c1cc2c(cc1-c1ccc(C(=O)N3CCCCC3)nc1C(=O)O)OCCc1ccsc1-2. The quantitative estimate of drug-likeness (QED) is 0.175. The van der Waals surface area contributed by atoms with Gasteiger partial charge < -0.3 is 25.8 Å². The van der Waals surface area contributed by atoms with E-state index in [-0.39, 0.29) is 28.4 Å². The van der Waals surface area contributed by atoms with Crippen molar-refractivity contribution in [1.82, 2.24) is 9.88 Å². The summed E-state index contributed by atoms with van der Waals surface area (Å²) in [5.41, 5.74) is 11.8. The second-order valence-electron chi connectivity index (χ2n) is 11.8. The summed E-state index contributed by atoms with van der Waals surface area (Å²) < 4.78 is 6.14. The Morgan fingerprint density at radius 1 is 1.00 bits per heavy atom. The van der Waals surface area contributed by atoms with Gasteiger partial charge in [0, 0.05) is 58.9 Å². The molecular formula is C38H40N4O5S. The van der Waals surface area contributed by atoms with Crippen molar-refractivity contribution in [1.29, 1.82) is 0 Å². The Morgan fingerprint density at radius 2 is 1.71 bits per heavy atom. The summed E-state index contributed by atoms with van der Waals surface area (Å²) in [6, 6.07) is 12.6. The Balaban J connectivity index is 0.00000107. The minimum Gasteiger partial charge on any atom is -0.493 e. The number of nitrogens with two attached hydrogens (primary N) is 1. The molecule has 0 aliphatic carbocycles. The second kappa shape index (κ2) is 15.2. The minimum absolute atomic E-state index is 0.0690. The van der Waals surface area contributed by atoms with Gasteiger partial charge in [-0.3, -0.25) is 9.59 Å². The second-order valence-corrected chi connectivity index (χ2v) is 12.7. The number of amides is 2. The number of fused-ring (bicyclic) bond motifs is 3. The van der Waals surface area contributed by atoms with Crippen molar-refractivity contribution < 1.29 is 24.2 Å². The number of aryl methyl sites for hydroxylation is 2. The molecule has 0 radical (unpaired) electrons. The molecule has 2 aromatic carbocycles. The van der Waals surface area contributed by atoms with Gasteiger partial charge in [-0.25, -0.2) is 9.78 Å². The number of rotatable bonds is 7. The maximum absolute atomic E-state index is 14.2. The zero-order valence-electron chi connectivity index (χ0n) is 27.3. The number of hydrogen-bond acceptors (Lipinski definition) is 7. The number of benzene rings is 2. The number of nitrogens with one attached hydrogen (secondary N) is 1. The van der Waals surface area contributed by atoms with Crippen LogP contribution < -0.4 is 15.8 Å². The van der Waals surface area contributed by atoms with E-state index < -0.39 is 11.9 Å². The monoisotopic (exact) mass is 664 g/mol. The highest BCUT2D eigenvalue weighted by atomic mass is 32.1. The summed E-state index contributed by atoms with van der Waals surface area (Å²) in [5.74, 6) is -1.43. The van der Waals surface area contributed by atoms with Gasteiger partial charge in [-0.15, -0.1) is 11.3 Å². The number of ether oxygens (including phenoxy) is 1. The summed E-state index contributed by atoms with van der Waals surface area (Å²) in [5, 5.41) is 15.4. The number of aromatic carboxylic acids is 1. The molecule has 6 rings (SSSR count). The first-order valence-corrected chi connectivity index (χ1v) is 16.8. The highest BCUT2D eigenvalue weighted by Gasteiger charge is 2.28. The molecule has 0 saturated carbocycles. The van der Waals surface area contributed by atoms with Gasteiger partial charge in [-0.1, -0.05) is 37.4 Å². The van der Waals surface area contributed by atoms with E-state index in [0.29, 0.717) is 49.7 Å². The van der Waals surface area contributed by atoms with Gasteiger partial charge in [0.2, 0.25) is 0 Å². The summed E-state index contributed by atoms with van der Waals surface area (Å²) in [6.07, 6.45) is 6.86. The van der Waals surface area contributed by atoms with Gasteiger partial charge >= 0.3 is 5.97 Å². The molecule has 4 aromatic rings. The van der Waals surface area contributed by atoms with E-state index in [2.05, 4.69) is 29.5 Å². The standard InChI is InChI=1S/C34H34N4O5S.C4H6/c1-19-14-21(18-35)15-20(2)29(19)37-32(39)25-16-26-28(43-12-8-22-9-13-44-31(22)26)17-24(25)23-6-7-27(36-30(23)34(41)42)33(40)38-10-4-3-5-11-38;1-3-4-2/h6-7,9,13-17H,3-5,8,10-12,18,35H2,1-2H3,(H,37,39)(H,41,42);3-4H,1-2H2. The predicted molar refractivity (Wildman–Crippen MR) is 191 cm³/mol. The van der Waals surface area contributed by atoms with E-state index in [0.717, 1.165) is 52.0 Å². The fraction of sp³-hybridized carbons (Fsp3) is 0.263. The Bertz CT molecular complexity index is 1860. The Morgan fingerprint density at radius 3 is 2.35 bits per heavy atom. The van der Waals surface area contributed by atoms with Crippen molar-refractivity contribution in [2.24, 2.45) is 5.73 Å². The van der Waals surface area contributed by atoms with E-state index >= 15 is 0 Å². The molecule has 0 atom stereocenters. The summed E-state index contributed by atoms with van der Waals surface area (Å²) >= 11 is 1.57. The topological polar surface area (TPSA) is 135 Å². The number of likely N-dealkylation sites (tertiary alicyclic amines) is 1. The molecule has 2 amide bonds. The van der Waals surface area contributed by atoms with Crippen LogP contribution in [0.2, 0.25) is 0 Å². The highest BCUT2D eigenvalue weighted by Crippen LogP contribution is 2.43. The van der Waals surface area contributed by atoms with Crippen molar-refractivity contribution in [3.63, 3.8) is 0 Å². The number of aromatic nitrogens is 1. The fourth-order valence-electron chi connectivity index (χ4n) is 6.09. The minimum atomic E-state index is -1.29. The zero-order chi connectivity index (χ0) is 34.4. The van der Waals surface area contributed by atoms with Gasteiger partial charge in [0.25, 0.3) is 11.8 Å². The lowest BCUT2D eigenvalue weighted by Gasteiger charge is -2.26. The van der Waals surface area contributed by atoms with Gasteiger partial charge in [-0.2, -0.15) is 0 Å². The molecule has 9 nitrogen and oxygen atoms in total. The number of carboxylic acid groups (broad SMARTS) is 1. The van der Waals surface area contributed by atoms with Crippen LogP contribution in [-0.4, -0.2) is 52.5 Å². The van der Waals surface area contributed by atoms with Gasteiger partial charge in [0.05, 0.1) is 6.61 Å². The summed E-state index contributed by atoms with van der Waals surface area (Å²) in [6.45, 7) is 12.6. The van der Waals surface area contributed by atoms with Crippen LogP contribution >= 0.6 is 11.3 Å². The van der Waals surface area contributed by atoms with Crippen molar-refractivity contribution in [2.75, 3.05) is 25.0 Å². The Hall–Kier alpha value is -5.06. The van der Waals surface area contributed by atoms with Crippen LogP contribution in [0.25, 0.3) is 21.6 Å². The first-order chi connectivity index (χ1) is 23.2. The normalized spacial score (nSPS) is 13.4. The third kappa shape index (κ3) is 7.25. The number of anilines is 1. The zero-order valence-corrected chi connectivity index (χ0v) is 28.1. The Labute approximate surface area is 284 Å². The van der Waals surface area contributed by atoms with E-state index in [1.807, 2.05) is 31.4 Å². The Kier molecular flexibility index (Phi) is 10.9. The smallest absolute Gasteiger partial charge is 0.355 e. The van der Waals surface area contributed by atoms with E-state index in [1.165, 1.54) is 0 Å². The number of nitrogens with zero attached hydrogens (tertiary/aromatic N) is 2. The lowest BCUT2D eigenvalue weighted by molar-refractivity contribution is 0.0689. The summed E-state index contributed by atoms with van der Waals surface area (Å²) in [4.78, 5) is 47.0. The molecule has 248 valence electrons. The maximum Gasteiger partial charge on any atom is 0.355 e. The molecule has 2 aliphatic rings. The average Bonchev–Trinajstić information content (AvgIpc) is 3.50. The van der Waals surface area contributed by atoms with Crippen LogP contribution in [0.5, 0.6) is 5.75 Å². The summed E-state index contributed by atoms with van der Waals surface area (Å²) in [7, 11) is 0. The van der Waals surface area contributed by atoms with Crippen LogP contribution in [0, 0.1) is 13.8 Å². The molecule has 2 aliphatic heterocycles. The largest absolute Gasteiger partial charge is 0.493 e. The number of allylic oxidation sites excluding steroid dienone is 2. The number of carbonyl (C=O) groups excluding carboxylic acids is 2. The number of pyridine rings is 1. The van der Waals surface area contributed by atoms with Crippen LogP contribution in [0.15, 0.2) is 73.2 Å². The third-order valence-electron chi connectivity index (χ3n) is 8.47. The lowest BCUT2D eigenvalue weighted by atomic mass is 9.93. The predicted octanol–water partition coefficient (Wildman–Crippen LogP) is 7.42. The molecule has 4 N–H and O–H groups in total. The molecule has 0 unspecified atom stereocenters. The lowest BCUT2D eigenvalue weighted by Crippen LogP contribution is -2.36. The van der Waals surface area contributed by atoms with Gasteiger partial charge in [-0.05, 0) is 91.1 Å². The number of carbonyl (C=O) groups is 3. The molecule has 10 heteroatoms. The molecular weight excluding hydrogens is 625 g/mol. The molecule has 1 fully saturated rings. The van der Waals surface area contributed by atoms with Gasteiger partial charge in [0.1, 0.15) is 11.4 Å². The average molecular weight is 665 g/mol. The molecule has 0 spiro atoms. The molecule has 2 aromatic heterocycles. The third-order valence-corrected chi connectivity index (χ3v) is 9.46. The number of carboxylic acids is 1. The van der Waals surface area contributed by atoms with E-state index in [1.54, 1.807) is 52.7 Å². The van der Waals surface area contributed by atoms with E-state index in [9.17, 15) is 19.5 Å². The first-order valence-electron chi connectivity index (χ1n) is 15.9. The van der Waals surface area contributed by atoms with Crippen LogP contribution in [0.4, 0.5) is 5.69 Å². The maximum atomic E-state index is 14.2. The molecule has 0 bridgehead atoms. The van der Waals surface area contributed by atoms with Crippen LogP contribution in [-0.2, 0) is 13.0 Å². The molecule has 1 saturated heterocycles. The first kappa shape index (κ1) is 34.3. The van der Waals surface area contributed by atoms with E-state index in [4.69, 9.17) is 10.5 Å². The fourth-order valence-corrected chi connectivity index (χ4v) is 7.07. The highest BCUT2D eigenvalue weighted by molar-refractivity contribution is 7.13. The molecule has 48 heavy (non-hydrogen) atoms. The number of hydrogen-bond donors (Lipinski definition) is 3. The van der Waals surface area contributed by atoms with Crippen LogP contribution in [0.3, 0.4) is 0 Å². The van der Waals surface area contributed by atoms with Crippen molar-refractivity contribution in [3.05, 3.63) is 112 Å². The number of piperidine rings is 1. The van der Waals surface area contributed by atoms with Crippen LogP contribution in [0.1, 0.15) is 72.9 Å². The molecule has 4 heterocycles. The van der Waals surface area contributed by atoms with Crippen molar-refractivity contribution >= 4 is 34.8 Å². The van der Waals surface area contributed by atoms with Crippen molar-refractivity contribution in [3.8, 4) is 27.3 Å². The van der Waals surface area contributed by atoms with Gasteiger partial charge in [0.15, 0.2) is 5.69 Å². The van der Waals surface area contributed by atoms with Crippen molar-refractivity contribution in [2.45, 2.75) is 46.1 Å². The number of thiophene rings is 1.